The topological polar surface area (TPSA) is 46.5 Å². The Morgan fingerprint density at radius 1 is 1.44 bits per heavy atom. The Morgan fingerprint density at radius 2 is 2.31 bits per heavy atom. The van der Waals surface area contributed by atoms with Crippen molar-refractivity contribution in [2.24, 2.45) is 0 Å². The average molecular weight is 220 g/mol. The number of allylic oxidation sites excluding steroid dienone is 2. The van der Waals surface area contributed by atoms with Gasteiger partial charge in [0.1, 0.15) is 0 Å². The van der Waals surface area contributed by atoms with Crippen molar-refractivity contribution in [3.8, 4) is 0 Å². The minimum absolute atomic E-state index is 0.0993. The molecule has 3 unspecified atom stereocenters. The van der Waals surface area contributed by atoms with Crippen molar-refractivity contribution in [2.45, 2.75) is 49.9 Å². The van der Waals surface area contributed by atoms with Crippen LogP contribution in [0.25, 0.3) is 0 Å². The van der Waals surface area contributed by atoms with Gasteiger partial charge in [-0.2, -0.15) is 0 Å². The smallest absolute Gasteiger partial charge is 0.195 e. The van der Waals surface area contributed by atoms with Crippen LogP contribution in [0.3, 0.4) is 0 Å². The van der Waals surface area contributed by atoms with Crippen LogP contribution in [0.5, 0.6) is 0 Å². The van der Waals surface area contributed by atoms with Crippen LogP contribution >= 0.6 is 0 Å². The van der Waals surface area contributed by atoms with E-state index in [4.69, 9.17) is 4.74 Å². The number of Topliss-reactive ketones (excluding diaryl/α,β-unsaturated/α-hetero) is 1. The lowest BCUT2D eigenvalue weighted by atomic mass is 9.73. The second kappa shape index (κ2) is 3.54. The lowest BCUT2D eigenvalue weighted by Gasteiger charge is -2.45. The summed E-state index contributed by atoms with van der Waals surface area (Å²) in [6, 6.07) is 0. The summed E-state index contributed by atoms with van der Waals surface area (Å²) in [5.41, 5.74) is -0.589. The molecule has 3 aliphatic rings. The van der Waals surface area contributed by atoms with E-state index < -0.39 is 5.60 Å². The summed E-state index contributed by atoms with van der Waals surface area (Å²) >= 11 is 0. The van der Waals surface area contributed by atoms with E-state index in [0.29, 0.717) is 12.0 Å². The Labute approximate surface area is 94.8 Å². The number of fused-ring (bicyclic) bond motifs is 2. The van der Waals surface area contributed by atoms with Crippen molar-refractivity contribution in [2.75, 3.05) is 0 Å². The van der Waals surface area contributed by atoms with Crippen molar-refractivity contribution in [1.82, 2.24) is 0 Å². The van der Waals surface area contributed by atoms with E-state index in [0.717, 1.165) is 25.7 Å². The molecule has 0 aromatic carbocycles. The second-order valence-electron chi connectivity index (χ2n) is 4.90. The maximum absolute atomic E-state index is 12.3. The molecule has 0 aromatic heterocycles. The molecular weight excluding hydrogens is 204 g/mol. The van der Waals surface area contributed by atoms with Gasteiger partial charge in [0.25, 0.3) is 0 Å². The van der Waals surface area contributed by atoms with Gasteiger partial charge in [-0.25, -0.2) is 0 Å². The summed E-state index contributed by atoms with van der Waals surface area (Å²) in [4.78, 5) is 12.3. The average Bonchev–Trinajstić information content (AvgIpc) is 2.31. The van der Waals surface area contributed by atoms with E-state index in [-0.39, 0.29) is 18.0 Å². The van der Waals surface area contributed by atoms with Gasteiger partial charge in [0.15, 0.2) is 11.4 Å². The highest BCUT2D eigenvalue weighted by atomic mass is 16.5. The number of carbonyl (C=O) groups is 1. The SMILES string of the molecule is O=C1C2=CC=CCC2OC2CCCCC12O. The molecule has 16 heavy (non-hydrogen) atoms. The molecule has 0 amide bonds. The van der Waals surface area contributed by atoms with Crippen LogP contribution in [0.1, 0.15) is 32.1 Å². The van der Waals surface area contributed by atoms with Crippen molar-refractivity contribution in [1.29, 1.82) is 0 Å². The first-order valence-electron chi connectivity index (χ1n) is 6.01. The maximum atomic E-state index is 12.3. The van der Waals surface area contributed by atoms with E-state index in [2.05, 4.69) is 0 Å². The number of hydrogen-bond donors (Lipinski definition) is 1. The fourth-order valence-electron chi connectivity index (χ4n) is 2.97. The second-order valence-corrected chi connectivity index (χ2v) is 4.90. The highest BCUT2D eigenvalue weighted by molar-refractivity contribution is 6.04. The van der Waals surface area contributed by atoms with Gasteiger partial charge in [-0.15, -0.1) is 0 Å². The first kappa shape index (κ1) is 10.2. The standard InChI is InChI=1S/C13H16O3/c14-12-9-5-1-2-6-10(9)16-11-7-3-4-8-13(11,12)15/h1-2,5,10-11,15H,3-4,6-8H2. The molecule has 1 aliphatic heterocycles. The molecule has 1 N–H and O–H groups in total. The summed E-state index contributed by atoms with van der Waals surface area (Å²) in [7, 11) is 0. The molecule has 3 nitrogen and oxygen atoms in total. The Kier molecular flexibility index (Phi) is 2.26. The van der Waals surface area contributed by atoms with Gasteiger partial charge in [-0.3, -0.25) is 4.79 Å². The van der Waals surface area contributed by atoms with Crippen molar-refractivity contribution < 1.29 is 14.6 Å². The molecule has 1 saturated heterocycles. The maximum Gasteiger partial charge on any atom is 0.195 e. The van der Waals surface area contributed by atoms with Crippen LogP contribution in [-0.4, -0.2) is 28.7 Å². The highest BCUT2D eigenvalue weighted by Gasteiger charge is 2.52. The number of rotatable bonds is 0. The predicted octanol–water partition coefficient (Wildman–Crippen LogP) is 1.51. The number of carbonyl (C=O) groups excluding carboxylic acids is 1. The third kappa shape index (κ3) is 1.31. The zero-order valence-electron chi connectivity index (χ0n) is 9.19. The van der Waals surface area contributed by atoms with Gasteiger partial charge in [-0.05, 0) is 25.7 Å². The van der Waals surface area contributed by atoms with E-state index in [1.165, 1.54) is 0 Å². The Bertz CT molecular complexity index is 383. The minimum atomic E-state index is -1.24. The minimum Gasteiger partial charge on any atom is -0.379 e. The highest BCUT2D eigenvalue weighted by Crippen LogP contribution is 2.40. The van der Waals surface area contributed by atoms with Gasteiger partial charge in [0.2, 0.25) is 0 Å². The third-order valence-corrected chi connectivity index (χ3v) is 3.90. The van der Waals surface area contributed by atoms with Crippen molar-refractivity contribution >= 4 is 5.78 Å². The third-order valence-electron chi connectivity index (χ3n) is 3.90. The molecule has 0 aromatic rings. The van der Waals surface area contributed by atoms with Crippen molar-refractivity contribution in [3.63, 3.8) is 0 Å². The van der Waals surface area contributed by atoms with E-state index >= 15 is 0 Å². The van der Waals surface area contributed by atoms with Crippen LogP contribution in [0.15, 0.2) is 23.8 Å². The fourth-order valence-corrected chi connectivity index (χ4v) is 2.97. The zero-order chi connectivity index (χ0) is 11.2. The number of aliphatic hydroxyl groups is 1. The summed E-state index contributed by atoms with van der Waals surface area (Å²) in [5.74, 6) is -0.0993. The van der Waals surface area contributed by atoms with Gasteiger partial charge < -0.3 is 9.84 Å². The molecule has 0 spiro atoms. The zero-order valence-corrected chi connectivity index (χ0v) is 9.19. The van der Waals surface area contributed by atoms with Gasteiger partial charge in [0, 0.05) is 5.57 Å². The lowest BCUT2D eigenvalue weighted by Crippen LogP contribution is -2.59. The number of hydrogen-bond acceptors (Lipinski definition) is 3. The van der Waals surface area contributed by atoms with Gasteiger partial charge in [-0.1, -0.05) is 24.6 Å². The molecule has 3 atom stereocenters. The Balaban J connectivity index is 1.98. The molecule has 86 valence electrons. The fraction of sp³-hybridized carbons (Fsp3) is 0.615. The Morgan fingerprint density at radius 3 is 3.19 bits per heavy atom. The van der Waals surface area contributed by atoms with Crippen LogP contribution in [0.2, 0.25) is 0 Å². The molecule has 3 heteroatoms. The molecule has 1 saturated carbocycles. The van der Waals surface area contributed by atoms with Gasteiger partial charge >= 0.3 is 0 Å². The summed E-state index contributed by atoms with van der Waals surface area (Å²) in [6.07, 6.45) is 9.32. The first-order valence-corrected chi connectivity index (χ1v) is 6.01. The predicted molar refractivity (Wildman–Crippen MR) is 58.9 cm³/mol. The molecule has 1 heterocycles. The Hall–Kier alpha value is -0.930. The van der Waals surface area contributed by atoms with E-state index in [1.807, 2.05) is 12.2 Å². The van der Waals surface area contributed by atoms with Crippen LogP contribution in [-0.2, 0) is 9.53 Å². The molecule has 2 aliphatic carbocycles. The number of ketones is 1. The van der Waals surface area contributed by atoms with Crippen LogP contribution in [0.4, 0.5) is 0 Å². The molecule has 3 rings (SSSR count). The van der Waals surface area contributed by atoms with Gasteiger partial charge in [0.05, 0.1) is 12.2 Å². The largest absolute Gasteiger partial charge is 0.379 e. The summed E-state index contributed by atoms with van der Waals surface area (Å²) in [6.45, 7) is 0. The monoisotopic (exact) mass is 220 g/mol. The van der Waals surface area contributed by atoms with Crippen molar-refractivity contribution in [3.05, 3.63) is 23.8 Å². The lowest BCUT2D eigenvalue weighted by molar-refractivity contribution is -0.181. The quantitative estimate of drug-likeness (QED) is 0.673. The van der Waals surface area contributed by atoms with E-state index in [9.17, 15) is 9.90 Å². The summed E-state index contributed by atoms with van der Waals surface area (Å²) in [5, 5.41) is 10.5. The molecule has 2 fully saturated rings. The normalized spacial score (nSPS) is 42.3. The molecule has 0 bridgehead atoms. The number of ether oxygens (including phenoxy) is 1. The van der Waals surface area contributed by atoms with Crippen LogP contribution in [0, 0.1) is 0 Å². The first-order chi connectivity index (χ1) is 7.72. The molecular formula is C13H16O3. The van der Waals surface area contributed by atoms with Crippen LogP contribution < -0.4 is 0 Å². The van der Waals surface area contributed by atoms with E-state index in [1.54, 1.807) is 6.08 Å². The summed E-state index contributed by atoms with van der Waals surface area (Å²) < 4.78 is 5.88. The molecule has 0 radical (unpaired) electrons.